The van der Waals surface area contributed by atoms with E-state index in [1.165, 1.54) is 12.2 Å². The standard InChI is InChI=1S/C26H34N7O6P/c1-3-7-21(33(37-2)19-8-5-4-6-9-19)25(34)39-40(35,36)38-15-17-10-13-20(14-17)32-16-28-22-23(29-18-11-12-18)30-26(27)31-24(22)32/h4-6,8-10,13,16-18,20-21H,3,7,11-12,14-15H2,1-2H3,(H,35,36)(H3,27,29,30,31)/t17-,20+,21+/m1/s1. The SMILES string of the molecule is CCC[C@@H](C(=O)OP(=O)(O)OC[C@@H]1C=C[C@H](n2cnc3c(NC4CC4)nc(N)nc32)C1)N(OC)c1ccccc1. The van der Waals surface area contributed by atoms with Crippen LogP contribution in [0, 0.1) is 5.92 Å². The molecule has 14 heteroatoms. The van der Waals surface area contributed by atoms with E-state index in [1.54, 1.807) is 30.6 Å². The summed E-state index contributed by atoms with van der Waals surface area (Å²) in [6.07, 6.45) is 9.25. The van der Waals surface area contributed by atoms with Crippen LogP contribution < -0.4 is 16.1 Å². The number of anilines is 3. The van der Waals surface area contributed by atoms with Crippen LogP contribution in [0.25, 0.3) is 11.2 Å². The van der Waals surface area contributed by atoms with E-state index in [4.69, 9.17) is 19.6 Å². The van der Waals surface area contributed by atoms with Gasteiger partial charge in [0, 0.05) is 12.0 Å². The Kier molecular flexibility index (Phi) is 8.36. The Bertz CT molecular complexity index is 1410. The summed E-state index contributed by atoms with van der Waals surface area (Å²) in [6.45, 7) is 1.78. The van der Waals surface area contributed by atoms with Crippen molar-refractivity contribution in [2.75, 3.05) is 29.8 Å². The number of imidazole rings is 1. The molecule has 0 amide bonds. The molecule has 0 saturated heterocycles. The first-order chi connectivity index (χ1) is 19.3. The van der Waals surface area contributed by atoms with Crippen LogP contribution in [-0.2, 0) is 23.2 Å². The fourth-order valence-corrected chi connectivity index (χ4v) is 5.54. The highest BCUT2D eigenvalue weighted by Gasteiger charge is 2.36. The Morgan fingerprint density at radius 1 is 1.27 bits per heavy atom. The summed E-state index contributed by atoms with van der Waals surface area (Å²) >= 11 is 0. The molecule has 1 unspecified atom stereocenters. The smallest absolute Gasteiger partial charge is 0.369 e. The zero-order valence-electron chi connectivity index (χ0n) is 22.4. The number of nitrogens with zero attached hydrogens (tertiary/aromatic N) is 5. The maximum atomic E-state index is 13.0. The van der Waals surface area contributed by atoms with Crippen LogP contribution in [0.1, 0.15) is 45.1 Å². The van der Waals surface area contributed by atoms with E-state index < -0.39 is 19.8 Å². The molecule has 0 radical (unpaired) electrons. The lowest BCUT2D eigenvalue weighted by Crippen LogP contribution is -2.41. The van der Waals surface area contributed by atoms with E-state index >= 15 is 0 Å². The van der Waals surface area contributed by atoms with Gasteiger partial charge in [-0.1, -0.05) is 43.7 Å². The van der Waals surface area contributed by atoms with Crippen LogP contribution in [0.3, 0.4) is 0 Å². The van der Waals surface area contributed by atoms with Crippen molar-refractivity contribution in [2.45, 2.75) is 57.2 Å². The van der Waals surface area contributed by atoms with Gasteiger partial charge in [-0.2, -0.15) is 9.97 Å². The predicted molar refractivity (Wildman–Crippen MR) is 149 cm³/mol. The van der Waals surface area contributed by atoms with E-state index in [1.807, 2.05) is 29.7 Å². The molecule has 2 aliphatic carbocycles. The Morgan fingerprint density at radius 2 is 2.05 bits per heavy atom. The number of nitrogens with two attached hydrogens (primary N) is 1. The number of nitrogen functional groups attached to an aromatic ring is 1. The number of hydrogen-bond donors (Lipinski definition) is 3. The molecule has 5 rings (SSSR count). The second kappa shape index (κ2) is 11.9. The molecule has 13 nitrogen and oxygen atoms in total. The lowest BCUT2D eigenvalue weighted by atomic mass is 10.1. The molecule has 2 aromatic heterocycles. The number of nitrogens with one attached hydrogen (secondary N) is 1. The molecule has 1 fully saturated rings. The molecule has 0 spiro atoms. The first kappa shape index (κ1) is 28.0. The van der Waals surface area contributed by atoms with Crippen molar-refractivity contribution in [3.05, 3.63) is 48.8 Å². The van der Waals surface area contributed by atoms with Crippen LogP contribution in [0.5, 0.6) is 0 Å². The molecule has 2 aliphatic rings. The van der Waals surface area contributed by atoms with Crippen molar-refractivity contribution in [2.24, 2.45) is 5.92 Å². The van der Waals surface area contributed by atoms with Gasteiger partial charge in [-0.25, -0.2) is 19.4 Å². The number of hydroxylamine groups is 1. The van der Waals surface area contributed by atoms with Gasteiger partial charge in [-0.3, -0.25) is 14.3 Å². The number of hydrogen-bond acceptors (Lipinski definition) is 11. The second-order valence-corrected chi connectivity index (χ2v) is 11.3. The van der Waals surface area contributed by atoms with Gasteiger partial charge >= 0.3 is 13.8 Å². The molecule has 0 aliphatic heterocycles. The maximum absolute atomic E-state index is 13.0. The number of fused-ring (bicyclic) bond motifs is 1. The quantitative estimate of drug-likeness (QED) is 0.153. The zero-order valence-corrected chi connectivity index (χ0v) is 23.3. The van der Waals surface area contributed by atoms with Crippen molar-refractivity contribution in [1.82, 2.24) is 19.5 Å². The highest BCUT2D eigenvalue weighted by atomic mass is 31.2. The normalized spacial score (nSPS) is 20.8. The van der Waals surface area contributed by atoms with Gasteiger partial charge < -0.3 is 20.1 Å². The Hall–Kier alpha value is -3.51. The lowest BCUT2D eigenvalue weighted by molar-refractivity contribution is -0.139. The molecule has 40 heavy (non-hydrogen) atoms. The van der Waals surface area contributed by atoms with Crippen molar-refractivity contribution < 1.29 is 28.1 Å². The number of aromatic nitrogens is 4. The van der Waals surface area contributed by atoms with Gasteiger partial charge in [0.2, 0.25) is 5.95 Å². The molecular weight excluding hydrogens is 537 g/mol. The highest BCUT2D eigenvalue weighted by molar-refractivity contribution is 7.48. The number of benzene rings is 1. The van der Waals surface area contributed by atoms with Gasteiger partial charge in [0.15, 0.2) is 23.0 Å². The fourth-order valence-electron chi connectivity index (χ4n) is 4.76. The van der Waals surface area contributed by atoms with Crippen molar-refractivity contribution in [3.8, 4) is 0 Å². The summed E-state index contributed by atoms with van der Waals surface area (Å²) in [5.41, 5.74) is 7.82. The summed E-state index contributed by atoms with van der Waals surface area (Å²) in [7, 11) is -3.26. The Morgan fingerprint density at radius 3 is 2.75 bits per heavy atom. The third kappa shape index (κ3) is 6.44. The average Bonchev–Trinajstić information content (AvgIpc) is 3.44. The van der Waals surface area contributed by atoms with Gasteiger partial charge in [-0.05, 0) is 37.8 Å². The summed E-state index contributed by atoms with van der Waals surface area (Å²) in [6, 6.07) is 8.32. The van der Waals surface area contributed by atoms with Crippen molar-refractivity contribution in [3.63, 3.8) is 0 Å². The van der Waals surface area contributed by atoms with Crippen LogP contribution >= 0.6 is 7.82 Å². The van der Waals surface area contributed by atoms with E-state index in [0.717, 1.165) is 12.8 Å². The molecule has 4 atom stereocenters. The number of para-hydroxylation sites is 1. The predicted octanol–water partition coefficient (Wildman–Crippen LogP) is 4.00. The maximum Gasteiger partial charge on any atom is 0.529 e. The van der Waals surface area contributed by atoms with E-state index in [2.05, 4.69) is 20.3 Å². The summed E-state index contributed by atoms with van der Waals surface area (Å²) in [5.74, 6) is -0.329. The molecule has 2 heterocycles. The van der Waals surface area contributed by atoms with E-state index in [0.29, 0.717) is 48.0 Å². The Labute approximate surface area is 231 Å². The van der Waals surface area contributed by atoms with E-state index in [9.17, 15) is 14.3 Å². The topological polar surface area (TPSA) is 167 Å². The average molecular weight is 572 g/mol. The number of rotatable bonds is 13. The van der Waals surface area contributed by atoms with Crippen molar-refractivity contribution in [1.29, 1.82) is 0 Å². The van der Waals surface area contributed by atoms with Crippen LogP contribution in [0.2, 0.25) is 0 Å². The highest BCUT2D eigenvalue weighted by Crippen LogP contribution is 2.46. The monoisotopic (exact) mass is 571 g/mol. The minimum atomic E-state index is -4.69. The minimum absolute atomic E-state index is 0.114. The molecule has 4 N–H and O–H groups in total. The largest absolute Gasteiger partial charge is 0.529 e. The second-order valence-electron chi connectivity index (χ2n) is 9.94. The molecule has 3 aromatic rings. The minimum Gasteiger partial charge on any atom is -0.369 e. The molecule has 214 valence electrons. The van der Waals surface area contributed by atoms with Gasteiger partial charge in [0.25, 0.3) is 0 Å². The van der Waals surface area contributed by atoms with E-state index in [-0.39, 0.29) is 24.5 Å². The van der Waals surface area contributed by atoms with Gasteiger partial charge in [0.1, 0.15) is 0 Å². The molecule has 1 aromatic carbocycles. The van der Waals surface area contributed by atoms with Crippen LogP contribution in [0.15, 0.2) is 48.8 Å². The van der Waals surface area contributed by atoms with Crippen LogP contribution in [-0.4, -0.2) is 56.2 Å². The number of carbonyl (C=O) groups is 1. The lowest BCUT2D eigenvalue weighted by Gasteiger charge is -2.29. The van der Waals surface area contributed by atoms with Crippen molar-refractivity contribution >= 4 is 42.4 Å². The molecule has 0 bridgehead atoms. The number of phosphoric acid groups is 1. The first-order valence-corrected chi connectivity index (χ1v) is 14.8. The first-order valence-electron chi connectivity index (χ1n) is 13.3. The van der Waals surface area contributed by atoms with Gasteiger partial charge in [0.05, 0.1) is 31.8 Å². The Balaban J connectivity index is 1.20. The number of allylic oxidation sites excluding steroid dienone is 1. The number of carbonyl (C=O) groups excluding carboxylic acids is 1. The van der Waals surface area contributed by atoms with Crippen LogP contribution in [0.4, 0.5) is 17.5 Å². The number of phosphoric ester groups is 1. The van der Waals surface area contributed by atoms with Gasteiger partial charge in [-0.15, -0.1) is 0 Å². The summed E-state index contributed by atoms with van der Waals surface area (Å²) in [5, 5.41) is 4.71. The molecule has 1 saturated carbocycles. The fraction of sp³-hybridized carbons (Fsp3) is 0.462. The summed E-state index contributed by atoms with van der Waals surface area (Å²) < 4.78 is 24.9. The third-order valence-electron chi connectivity index (χ3n) is 6.85. The third-order valence-corrected chi connectivity index (χ3v) is 7.73. The zero-order chi connectivity index (χ0) is 28.3. The summed E-state index contributed by atoms with van der Waals surface area (Å²) in [4.78, 5) is 42.0. The molecular formula is C26H34N7O6P.